The van der Waals surface area contributed by atoms with E-state index in [1.807, 2.05) is 71.0 Å². The molecule has 0 atom stereocenters. The Morgan fingerprint density at radius 3 is 2.38 bits per heavy atom. The molecule has 10 heteroatoms. The Kier molecular flexibility index (Phi) is 6.32. The Morgan fingerprint density at radius 1 is 0.919 bits per heavy atom. The van der Waals surface area contributed by atoms with Crippen LogP contribution < -0.4 is 4.90 Å². The topological polar surface area (TPSA) is 67.9 Å². The van der Waals surface area contributed by atoms with Crippen LogP contribution in [0.25, 0.3) is 28.2 Å². The van der Waals surface area contributed by atoms with Gasteiger partial charge in [0.15, 0.2) is 17.0 Å². The molecule has 6 rings (SSSR count). The number of halogens is 2. The molecule has 2 aromatic carbocycles. The predicted molar refractivity (Wildman–Crippen MR) is 148 cm³/mol. The van der Waals surface area contributed by atoms with E-state index < -0.39 is 0 Å². The van der Waals surface area contributed by atoms with Crippen molar-refractivity contribution in [2.45, 2.75) is 13.5 Å². The lowest BCUT2D eigenvalue weighted by Crippen LogP contribution is -2.46. The van der Waals surface area contributed by atoms with Crippen molar-refractivity contribution >= 4 is 40.2 Å². The van der Waals surface area contributed by atoms with Crippen LogP contribution in [0.15, 0.2) is 61.1 Å². The standard InChI is InChI=1S/C27H26Cl2N8/c1-18-19(15-32-34(18)2)16-35-11-13-36(14-12-35)26-24-27(31-17-30-26)37(21-9-7-20(28)8-10-21)25(33-24)22-5-3-4-6-23(22)29/h3-10,15,17H,11-14,16H2,1-2H3. The second-order valence-corrected chi connectivity index (χ2v) is 10.1. The second-order valence-electron chi connectivity index (χ2n) is 9.24. The van der Waals surface area contributed by atoms with E-state index in [0.717, 1.165) is 66.8 Å². The molecule has 0 radical (unpaired) electrons. The molecule has 0 saturated carbocycles. The molecule has 5 aromatic rings. The molecule has 1 aliphatic rings. The van der Waals surface area contributed by atoms with Crippen LogP contribution in [0.1, 0.15) is 11.3 Å². The largest absolute Gasteiger partial charge is 0.352 e. The summed E-state index contributed by atoms with van der Waals surface area (Å²) in [6.45, 7) is 6.56. The monoisotopic (exact) mass is 532 g/mol. The summed E-state index contributed by atoms with van der Waals surface area (Å²) in [6.07, 6.45) is 3.59. The first-order valence-electron chi connectivity index (χ1n) is 12.2. The Balaban J connectivity index is 1.37. The Bertz CT molecular complexity index is 1570. The first-order valence-corrected chi connectivity index (χ1v) is 12.9. The number of rotatable bonds is 5. The maximum absolute atomic E-state index is 6.62. The van der Waals surface area contributed by atoms with Crippen LogP contribution in [-0.2, 0) is 13.6 Å². The molecule has 0 amide bonds. The highest BCUT2D eigenvalue weighted by Crippen LogP contribution is 2.35. The third-order valence-corrected chi connectivity index (χ3v) is 7.61. The van der Waals surface area contributed by atoms with Crippen molar-refractivity contribution in [3.8, 4) is 17.1 Å². The highest BCUT2D eigenvalue weighted by Gasteiger charge is 2.25. The molecule has 0 bridgehead atoms. The normalized spacial score (nSPS) is 14.5. The summed E-state index contributed by atoms with van der Waals surface area (Å²) < 4.78 is 3.95. The molecule has 1 aliphatic heterocycles. The first-order chi connectivity index (χ1) is 18.0. The van der Waals surface area contributed by atoms with Gasteiger partial charge >= 0.3 is 0 Å². The van der Waals surface area contributed by atoms with E-state index >= 15 is 0 Å². The highest BCUT2D eigenvalue weighted by atomic mass is 35.5. The van der Waals surface area contributed by atoms with Crippen molar-refractivity contribution < 1.29 is 0 Å². The van der Waals surface area contributed by atoms with E-state index in [-0.39, 0.29) is 0 Å². The van der Waals surface area contributed by atoms with E-state index in [2.05, 4.69) is 31.8 Å². The van der Waals surface area contributed by atoms with E-state index in [4.69, 9.17) is 28.2 Å². The number of imidazole rings is 1. The molecule has 1 saturated heterocycles. The molecule has 188 valence electrons. The Labute approximate surface area is 225 Å². The van der Waals surface area contributed by atoms with E-state index in [1.54, 1.807) is 6.33 Å². The number of aromatic nitrogens is 6. The van der Waals surface area contributed by atoms with Gasteiger partial charge in [-0.1, -0.05) is 35.3 Å². The van der Waals surface area contributed by atoms with E-state index in [0.29, 0.717) is 10.0 Å². The lowest BCUT2D eigenvalue weighted by atomic mass is 10.2. The quantitative estimate of drug-likeness (QED) is 0.311. The van der Waals surface area contributed by atoms with Gasteiger partial charge in [0.25, 0.3) is 0 Å². The van der Waals surface area contributed by atoms with Crippen LogP contribution >= 0.6 is 23.2 Å². The van der Waals surface area contributed by atoms with Crippen LogP contribution in [0.5, 0.6) is 0 Å². The average molecular weight is 533 g/mol. The third-order valence-electron chi connectivity index (χ3n) is 7.03. The third kappa shape index (κ3) is 4.45. The molecule has 37 heavy (non-hydrogen) atoms. The summed E-state index contributed by atoms with van der Waals surface area (Å²) in [4.78, 5) is 19.2. The highest BCUT2D eigenvalue weighted by molar-refractivity contribution is 6.33. The number of hydrogen-bond donors (Lipinski definition) is 0. The predicted octanol–water partition coefficient (Wildman–Crippen LogP) is 5.15. The van der Waals surface area contributed by atoms with E-state index in [1.165, 1.54) is 11.3 Å². The minimum Gasteiger partial charge on any atom is -0.352 e. The Hall–Kier alpha value is -3.46. The van der Waals surface area contributed by atoms with Gasteiger partial charge in [-0.05, 0) is 43.3 Å². The fourth-order valence-electron chi connectivity index (χ4n) is 4.83. The van der Waals surface area contributed by atoms with Gasteiger partial charge in [0.1, 0.15) is 12.2 Å². The van der Waals surface area contributed by atoms with Gasteiger partial charge in [-0.3, -0.25) is 14.1 Å². The van der Waals surface area contributed by atoms with Crippen molar-refractivity contribution in [3.63, 3.8) is 0 Å². The van der Waals surface area contributed by atoms with Gasteiger partial charge in [0, 0.05) is 67.3 Å². The van der Waals surface area contributed by atoms with Gasteiger partial charge in [-0.2, -0.15) is 5.10 Å². The molecule has 3 aromatic heterocycles. The maximum Gasteiger partial charge on any atom is 0.170 e. The zero-order chi connectivity index (χ0) is 25.5. The summed E-state index contributed by atoms with van der Waals surface area (Å²) in [5, 5.41) is 5.68. The number of nitrogens with zero attached hydrogens (tertiary/aromatic N) is 8. The number of benzene rings is 2. The number of anilines is 1. The van der Waals surface area contributed by atoms with Crippen molar-refractivity contribution in [1.82, 2.24) is 34.2 Å². The number of hydrogen-bond acceptors (Lipinski definition) is 6. The molecule has 0 aliphatic carbocycles. The van der Waals surface area contributed by atoms with Crippen LogP contribution in [0.3, 0.4) is 0 Å². The van der Waals surface area contributed by atoms with Crippen molar-refractivity contribution in [3.05, 3.63) is 82.4 Å². The number of fused-ring (bicyclic) bond motifs is 1. The molecule has 0 N–H and O–H groups in total. The summed E-state index contributed by atoms with van der Waals surface area (Å²) in [7, 11) is 1.98. The van der Waals surface area contributed by atoms with Gasteiger partial charge < -0.3 is 4.90 Å². The molecular weight excluding hydrogens is 507 g/mol. The smallest absolute Gasteiger partial charge is 0.170 e. The minimum atomic E-state index is 0.627. The fraction of sp³-hybridized carbons (Fsp3) is 0.259. The van der Waals surface area contributed by atoms with E-state index in [9.17, 15) is 0 Å². The van der Waals surface area contributed by atoms with Crippen LogP contribution in [0.2, 0.25) is 10.0 Å². The van der Waals surface area contributed by atoms with Crippen LogP contribution in [-0.4, -0.2) is 60.4 Å². The second kappa shape index (κ2) is 9.78. The molecule has 0 spiro atoms. The first kappa shape index (κ1) is 23.9. The number of aryl methyl sites for hydroxylation is 1. The summed E-state index contributed by atoms with van der Waals surface area (Å²) >= 11 is 12.8. The number of piperazine rings is 1. The lowest BCUT2D eigenvalue weighted by molar-refractivity contribution is 0.249. The van der Waals surface area contributed by atoms with Crippen LogP contribution in [0.4, 0.5) is 5.82 Å². The summed E-state index contributed by atoms with van der Waals surface area (Å²) in [5.41, 5.74) is 5.70. The van der Waals surface area contributed by atoms with Crippen molar-refractivity contribution in [2.24, 2.45) is 7.05 Å². The SMILES string of the molecule is Cc1c(CN2CCN(c3ncnc4c3nc(-c3ccccc3Cl)n4-c3ccc(Cl)cc3)CC2)cnn1C. The molecule has 0 unspecified atom stereocenters. The molecule has 8 nitrogen and oxygen atoms in total. The minimum absolute atomic E-state index is 0.627. The van der Waals surface area contributed by atoms with Gasteiger partial charge in [-0.15, -0.1) is 0 Å². The van der Waals surface area contributed by atoms with Gasteiger partial charge in [-0.25, -0.2) is 15.0 Å². The summed E-state index contributed by atoms with van der Waals surface area (Å²) in [5.74, 6) is 1.55. The van der Waals surface area contributed by atoms with Crippen molar-refractivity contribution in [1.29, 1.82) is 0 Å². The zero-order valence-electron chi connectivity index (χ0n) is 20.6. The molecule has 1 fully saturated rings. The molecule has 4 heterocycles. The molecular formula is C27H26Cl2N8. The lowest BCUT2D eigenvalue weighted by Gasteiger charge is -2.35. The van der Waals surface area contributed by atoms with Gasteiger partial charge in [0.05, 0.1) is 11.2 Å². The average Bonchev–Trinajstić information content (AvgIpc) is 3.45. The Morgan fingerprint density at radius 2 is 1.68 bits per heavy atom. The van der Waals surface area contributed by atoms with Crippen molar-refractivity contribution in [2.75, 3.05) is 31.1 Å². The van der Waals surface area contributed by atoms with Gasteiger partial charge in [0.2, 0.25) is 0 Å². The van der Waals surface area contributed by atoms with Crippen LogP contribution in [0, 0.1) is 6.92 Å². The fourth-order valence-corrected chi connectivity index (χ4v) is 5.17. The zero-order valence-corrected chi connectivity index (χ0v) is 22.2. The summed E-state index contributed by atoms with van der Waals surface area (Å²) in [6, 6.07) is 15.4. The maximum atomic E-state index is 6.62.